The number of aryl methyl sites for hydroxylation is 2. The maximum Gasteiger partial charge on any atom is 0.315 e. The largest absolute Gasteiger partial charge is 0.494 e. The van der Waals surface area contributed by atoms with Crippen LogP contribution in [0.2, 0.25) is 0 Å². The fraction of sp³-hybridized carbons (Fsp3) is 0.548. The van der Waals surface area contributed by atoms with Gasteiger partial charge in [-0.05, 0) is 104 Å². The van der Waals surface area contributed by atoms with E-state index in [1.54, 1.807) is 0 Å². The topological polar surface area (TPSA) is 118 Å². The fourth-order valence-corrected chi connectivity index (χ4v) is 9.64. The van der Waals surface area contributed by atoms with E-state index in [2.05, 4.69) is 44.6 Å². The van der Waals surface area contributed by atoms with Crippen molar-refractivity contribution in [2.75, 3.05) is 34.0 Å². The summed E-state index contributed by atoms with van der Waals surface area (Å²) in [6.07, 6.45) is 31.9. The molecule has 0 radical (unpaired) electrons. The lowest BCUT2D eigenvalue weighted by Crippen LogP contribution is -2.29. The summed E-state index contributed by atoms with van der Waals surface area (Å²) in [6, 6.07) is 39.3. The van der Waals surface area contributed by atoms with Gasteiger partial charge < -0.3 is 28.8 Å². The van der Waals surface area contributed by atoms with Gasteiger partial charge in [-0.1, -0.05) is 252 Å². The van der Waals surface area contributed by atoms with Gasteiger partial charge in [-0.2, -0.15) is 0 Å². The number of Topliss-reactive ketones (excluding diaryl/α,β-unsaturated/α-hetero) is 1. The molecule has 5 aromatic rings. The van der Waals surface area contributed by atoms with Crippen LogP contribution in [0.3, 0.4) is 0 Å². The zero-order valence-corrected chi connectivity index (χ0v) is 53.1. The second-order valence-electron chi connectivity index (χ2n) is 22.2. The average molecular weight is 1160 g/mol. The lowest BCUT2D eigenvalue weighted by Gasteiger charge is -2.21. The number of carbonyl (C=O) groups is 3. The minimum Gasteiger partial charge on any atom is -0.494 e. The van der Waals surface area contributed by atoms with Crippen molar-refractivity contribution in [1.82, 2.24) is 0 Å². The minimum absolute atomic E-state index is 0. The summed E-state index contributed by atoms with van der Waals surface area (Å²) < 4.78 is 27.0. The Hall–Kier alpha value is -5.64. The highest BCUT2D eigenvalue weighted by Crippen LogP contribution is 2.27. The Balaban J connectivity index is 0.000000430. The molecule has 9 nitrogen and oxygen atoms in total. The molecule has 5 rings (SSSR count). The molecular weight excluding hydrogens is 1060 g/mol. The van der Waals surface area contributed by atoms with E-state index in [-0.39, 0.29) is 24.2 Å². The fourth-order valence-electron chi connectivity index (χ4n) is 9.64. The molecule has 0 spiro atoms. The molecule has 0 bridgehead atoms. The normalized spacial score (nSPS) is 11.4. The number of ketones is 1. The van der Waals surface area contributed by atoms with Gasteiger partial charge in [0.15, 0.2) is 0 Å². The first-order valence-electron chi connectivity index (χ1n) is 31.6. The monoisotopic (exact) mass is 1160 g/mol. The molecule has 0 aliphatic rings. The van der Waals surface area contributed by atoms with Crippen LogP contribution < -0.4 is 14.2 Å². The van der Waals surface area contributed by atoms with E-state index in [4.69, 9.17) is 18.9 Å². The van der Waals surface area contributed by atoms with Crippen molar-refractivity contribution in [3.8, 4) is 17.2 Å². The summed E-state index contributed by atoms with van der Waals surface area (Å²) >= 11 is 0. The first-order chi connectivity index (χ1) is 40.0. The van der Waals surface area contributed by atoms with Gasteiger partial charge in [0.2, 0.25) is 0 Å². The van der Waals surface area contributed by atoms with E-state index in [9.17, 15) is 19.5 Å². The Bertz CT molecular complexity index is 2370. The first-order valence-corrected chi connectivity index (χ1v) is 31.6. The molecule has 0 heterocycles. The van der Waals surface area contributed by atoms with Gasteiger partial charge >= 0.3 is 11.9 Å². The van der Waals surface area contributed by atoms with Crippen molar-refractivity contribution in [3.05, 3.63) is 160 Å². The van der Waals surface area contributed by atoms with Gasteiger partial charge in [-0.25, -0.2) is 0 Å². The quantitative estimate of drug-likeness (QED) is 0.0301. The van der Waals surface area contributed by atoms with Crippen LogP contribution in [-0.2, 0) is 49.5 Å². The summed E-state index contributed by atoms with van der Waals surface area (Å²) in [4.78, 5) is 35.9. The number of methoxy groups -OCH3 is 2. The number of aliphatic hydroxyl groups excluding tert-OH is 1. The number of halogens is 1. The van der Waals surface area contributed by atoms with E-state index in [0.717, 1.165) is 83.1 Å². The summed E-state index contributed by atoms with van der Waals surface area (Å²) in [5.74, 6) is 1.42. The van der Waals surface area contributed by atoms with Crippen LogP contribution in [0.1, 0.15) is 220 Å². The molecule has 2 unspecified atom stereocenters. The highest BCUT2D eigenvalue weighted by Gasteiger charge is 2.30. The second-order valence-corrected chi connectivity index (χ2v) is 22.2. The van der Waals surface area contributed by atoms with E-state index in [1.807, 2.05) is 116 Å². The van der Waals surface area contributed by atoms with Crippen molar-refractivity contribution in [2.24, 2.45) is 0 Å². The number of unbranched alkanes of at least 4 members (excludes halogenated alkanes) is 21. The standard InChI is InChI=1S/C28H40O4.C26H36O2.C19H30O3.ClH/c1-4-5-6-7-8-9-10-11-20-32-25-18-16-24(17-19-25)27(28(30)31-3)26(29)21-23-14-12-22(2)13-15-23;1-3-4-5-6-7-8-9-10-19-28-26-17-15-24(16-18-26)21-25(27)20-23-13-11-22(2)12-14-23;1-3-4-5-6-7-8-9-10-15-22-18-13-11-17(12-14-18)16-19(20)21-2;/h12-19,26-27,29H,4-11,20-21H2,1-3H3;11-18H,3-10,19-21H2,1-2H3;11-14H,3-10,15-16H2,1-2H3;1H. The molecule has 83 heavy (non-hydrogen) atoms. The molecule has 0 amide bonds. The molecular formula is C73H107ClO9. The Morgan fingerprint density at radius 2 is 0.687 bits per heavy atom. The van der Waals surface area contributed by atoms with Gasteiger partial charge in [0.05, 0.1) is 46.6 Å². The van der Waals surface area contributed by atoms with Crippen LogP contribution in [0.25, 0.3) is 0 Å². The Labute approximate surface area is 508 Å². The zero-order chi connectivity index (χ0) is 59.3. The molecule has 0 saturated heterocycles. The molecule has 0 aliphatic heterocycles. The summed E-state index contributed by atoms with van der Waals surface area (Å²) in [7, 11) is 2.76. The Kier molecular flexibility index (Phi) is 42.2. The SMILES string of the molecule is CCCCCCCCCCOc1ccc(C(C(=O)OC)C(O)Cc2ccc(C)cc2)cc1.CCCCCCCCCCOc1ccc(CC(=O)Cc2ccc(C)cc2)cc1.CCCCCCCCCCOc1ccc(CC(=O)OC)cc1.Cl. The highest BCUT2D eigenvalue weighted by molar-refractivity contribution is 5.85. The first kappa shape index (κ1) is 73.5. The Morgan fingerprint density at radius 1 is 0.386 bits per heavy atom. The zero-order valence-electron chi connectivity index (χ0n) is 52.2. The van der Waals surface area contributed by atoms with E-state index in [0.29, 0.717) is 32.3 Å². The van der Waals surface area contributed by atoms with Crippen molar-refractivity contribution in [3.63, 3.8) is 0 Å². The van der Waals surface area contributed by atoms with Crippen molar-refractivity contribution < 1.29 is 43.2 Å². The van der Waals surface area contributed by atoms with Crippen LogP contribution in [0.5, 0.6) is 17.2 Å². The number of esters is 2. The van der Waals surface area contributed by atoms with Gasteiger partial charge in [0.1, 0.15) is 28.9 Å². The molecule has 0 fully saturated rings. The molecule has 460 valence electrons. The molecule has 1 N–H and O–H groups in total. The number of benzene rings is 5. The number of rotatable bonds is 41. The predicted octanol–water partition coefficient (Wildman–Crippen LogP) is 18.6. The molecule has 2 atom stereocenters. The third-order valence-corrected chi connectivity index (χ3v) is 14.8. The summed E-state index contributed by atoms with van der Waals surface area (Å²) in [5.41, 5.74) is 7.19. The maximum atomic E-state index is 12.4. The van der Waals surface area contributed by atoms with Crippen LogP contribution >= 0.6 is 12.4 Å². The van der Waals surface area contributed by atoms with E-state index < -0.39 is 18.0 Å². The van der Waals surface area contributed by atoms with E-state index in [1.165, 1.54) is 155 Å². The average Bonchev–Trinajstić information content (AvgIpc) is 3.52. The smallest absolute Gasteiger partial charge is 0.315 e. The number of hydrogen-bond acceptors (Lipinski definition) is 9. The Morgan fingerprint density at radius 3 is 1.02 bits per heavy atom. The van der Waals surface area contributed by atoms with E-state index >= 15 is 0 Å². The van der Waals surface area contributed by atoms with Crippen molar-refractivity contribution in [1.29, 1.82) is 0 Å². The lowest BCUT2D eigenvalue weighted by molar-refractivity contribution is -0.145. The summed E-state index contributed by atoms with van der Waals surface area (Å²) in [5, 5.41) is 10.8. The lowest BCUT2D eigenvalue weighted by atomic mass is 9.89. The van der Waals surface area contributed by atoms with Crippen LogP contribution in [0.4, 0.5) is 0 Å². The molecule has 10 heteroatoms. The summed E-state index contributed by atoms with van der Waals surface area (Å²) in [6.45, 7) is 13.1. The molecule has 5 aromatic carbocycles. The molecule has 0 aliphatic carbocycles. The van der Waals surface area contributed by atoms with Gasteiger partial charge in [-0.15, -0.1) is 12.4 Å². The van der Waals surface area contributed by atoms with Crippen molar-refractivity contribution >= 4 is 30.1 Å². The molecule has 0 aromatic heterocycles. The van der Waals surface area contributed by atoms with Crippen LogP contribution in [-0.4, -0.2) is 63.0 Å². The predicted molar refractivity (Wildman–Crippen MR) is 346 cm³/mol. The third kappa shape index (κ3) is 35.3. The number of ether oxygens (including phenoxy) is 5. The third-order valence-electron chi connectivity index (χ3n) is 14.8. The van der Waals surface area contributed by atoms with Crippen molar-refractivity contribution in [2.45, 2.75) is 226 Å². The van der Waals surface area contributed by atoms with Gasteiger partial charge in [0, 0.05) is 12.8 Å². The molecule has 0 saturated carbocycles. The van der Waals surface area contributed by atoms with Crippen LogP contribution in [0, 0.1) is 13.8 Å². The van der Waals surface area contributed by atoms with Crippen LogP contribution in [0.15, 0.2) is 121 Å². The van der Waals surface area contributed by atoms with Gasteiger partial charge in [-0.3, -0.25) is 14.4 Å². The van der Waals surface area contributed by atoms with Gasteiger partial charge in [0.25, 0.3) is 0 Å². The highest BCUT2D eigenvalue weighted by atomic mass is 35.5. The second kappa shape index (κ2) is 47.7. The number of hydrogen-bond donors (Lipinski definition) is 1. The maximum absolute atomic E-state index is 12.4. The number of carbonyl (C=O) groups excluding carboxylic acids is 3. The minimum atomic E-state index is -0.866. The number of aliphatic hydroxyl groups is 1.